The number of hydrogen-bond donors (Lipinski definition) is 2. The summed E-state index contributed by atoms with van der Waals surface area (Å²) in [7, 11) is 1.91. The first kappa shape index (κ1) is 12.1. The lowest BCUT2D eigenvalue weighted by molar-refractivity contribution is 0.444. The van der Waals surface area contributed by atoms with E-state index in [2.05, 4.69) is 41.4 Å². The van der Waals surface area contributed by atoms with E-state index in [0.717, 1.165) is 23.0 Å². The smallest absolute Gasteiger partial charge is 0.135 e. The zero-order valence-corrected chi connectivity index (χ0v) is 11.2. The number of nitrogens with zero attached hydrogens (tertiary/aromatic N) is 2. The highest BCUT2D eigenvalue weighted by Crippen LogP contribution is 2.27. The maximum atomic E-state index is 4.64. The second kappa shape index (κ2) is 4.90. The molecule has 1 aromatic rings. The van der Waals surface area contributed by atoms with Gasteiger partial charge in [-0.25, -0.2) is 9.97 Å². The number of nitrogens with one attached hydrogen (secondary N) is 2. The van der Waals surface area contributed by atoms with Crippen molar-refractivity contribution in [3.05, 3.63) is 11.4 Å². The lowest BCUT2D eigenvalue weighted by Crippen LogP contribution is -2.28. The van der Waals surface area contributed by atoms with Gasteiger partial charge < -0.3 is 10.6 Å². The normalized spacial score (nSPS) is 15.8. The molecule has 1 saturated carbocycles. The van der Waals surface area contributed by atoms with E-state index in [1.54, 1.807) is 0 Å². The molecule has 0 unspecified atom stereocenters. The fourth-order valence-electron chi connectivity index (χ4n) is 1.92. The molecule has 4 nitrogen and oxygen atoms in total. The van der Waals surface area contributed by atoms with Crippen LogP contribution in [0.2, 0.25) is 0 Å². The van der Waals surface area contributed by atoms with Crippen LogP contribution in [-0.4, -0.2) is 23.1 Å². The third-order valence-electron chi connectivity index (χ3n) is 3.36. The van der Waals surface area contributed by atoms with Crippen molar-refractivity contribution in [3.63, 3.8) is 0 Å². The molecular weight excluding hydrogens is 212 g/mol. The van der Waals surface area contributed by atoms with Crippen LogP contribution in [0.3, 0.4) is 0 Å². The van der Waals surface area contributed by atoms with Gasteiger partial charge in [0.15, 0.2) is 0 Å². The third-order valence-corrected chi connectivity index (χ3v) is 3.36. The van der Waals surface area contributed by atoms with E-state index >= 15 is 0 Å². The third kappa shape index (κ3) is 2.51. The van der Waals surface area contributed by atoms with Crippen LogP contribution in [0, 0.1) is 6.92 Å². The van der Waals surface area contributed by atoms with Crippen LogP contribution < -0.4 is 10.6 Å². The molecule has 2 rings (SSSR count). The van der Waals surface area contributed by atoms with Gasteiger partial charge >= 0.3 is 0 Å². The molecule has 0 amide bonds. The van der Waals surface area contributed by atoms with E-state index in [0.29, 0.717) is 12.0 Å². The number of rotatable bonds is 4. The summed E-state index contributed by atoms with van der Waals surface area (Å²) in [6.45, 7) is 6.31. The van der Waals surface area contributed by atoms with Crippen molar-refractivity contribution in [2.24, 2.45) is 0 Å². The van der Waals surface area contributed by atoms with Crippen molar-refractivity contribution in [1.29, 1.82) is 0 Å². The van der Waals surface area contributed by atoms with Gasteiger partial charge in [0, 0.05) is 24.6 Å². The first-order chi connectivity index (χ1) is 8.11. The quantitative estimate of drug-likeness (QED) is 0.841. The van der Waals surface area contributed by atoms with Gasteiger partial charge in [-0.1, -0.05) is 13.8 Å². The lowest BCUT2D eigenvalue weighted by Gasteiger charge is -2.28. The summed E-state index contributed by atoms with van der Waals surface area (Å²) >= 11 is 0. The highest BCUT2D eigenvalue weighted by molar-refractivity contribution is 5.57. The van der Waals surface area contributed by atoms with Gasteiger partial charge in [-0.2, -0.15) is 0 Å². The molecule has 0 saturated heterocycles. The van der Waals surface area contributed by atoms with Crippen LogP contribution in [0.5, 0.6) is 0 Å². The van der Waals surface area contributed by atoms with Gasteiger partial charge in [0.1, 0.15) is 17.5 Å². The Balaban J connectivity index is 2.30. The highest BCUT2D eigenvalue weighted by Gasteiger charge is 2.20. The van der Waals surface area contributed by atoms with Gasteiger partial charge in [-0.05, 0) is 26.2 Å². The second-order valence-electron chi connectivity index (χ2n) is 5.08. The molecule has 2 N–H and O–H groups in total. The molecule has 1 aliphatic carbocycles. The van der Waals surface area contributed by atoms with E-state index in [1.165, 1.54) is 19.3 Å². The van der Waals surface area contributed by atoms with E-state index in [4.69, 9.17) is 0 Å². The van der Waals surface area contributed by atoms with Crippen LogP contribution in [0.1, 0.15) is 50.4 Å². The minimum atomic E-state index is 0.352. The van der Waals surface area contributed by atoms with Crippen molar-refractivity contribution < 1.29 is 0 Å². The number of aromatic nitrogens is 2. The van der Waals surface area contributed by atoms with Crippen molar-refractivity contribution in [1.82, 2.24) is 9.97 Å². The van der Waals surface area contributed by atoms with Crippen LogP contribution in [0.4, 0.5) is 11.6 Å². The van der Waals surface area contributed by atoms with Gasteiger partial charge in [0.05, 0.1) is 0 Å². The van der Waals surface area contributed by atoms with Crippen LogP contribution >= 0.6 is 0 Å². The van der Waals surface area contributed by atoms with Crippen molar-refractivity contribution >= 4 is 11.6 Å². The van der Waals surface area contributed by atoms with Gasteiger partial charge in [-0.15, -0.1) is 0 Å². The van der Waals surface area contributed by atoms with Crippen molar-refractivity contribution in [2.75, 3.05) is 17.7 Å². The first-order valence-electron chi connectivity index (χ1n) is 6.44. The maximum absolute atomic E-state index is 4.64. The molecule has 1 fully saturated rings. The Morgan fingerprint density at radius 2 is 1.82 bits per heavy atom. The molecule has 0 aromatic carbocycles. The fraction of sp³-hybridized carbons (Fsp3) is 0.692. The lowest BCUT2D eigenvalue weighted by atomic mass is 9.93. The van der Waals surface area contributed by atoms with E-state index in [1.807, 2.05) is 7.05 Å². The monoisotopic (exact) mass is 234 g/mol. The van der Waals surface area contributed by atoms with Crippen LogP contribution in [-0.2, 0) is 0 Å². The van der Waals surface area contributed by atoms with E-state index in [-0.39, 0.29) is 0 Å². The first-order valence-corrected chi connectivity index (χ1v) is 6.44. The molecule has 0 radical (unpaired) electrons. The molecule has 94 valence electrons. The minimum Gasteiger partial charge on any atom is -0.373 e. The summed E-state index contributed by atoms with van der Waals surface area (Å²) in [6.07, 6.45) is 3.85. The van der Waals surface area contributed by atoms with Gasteiger partial charge in [0.25, 0.3) is 0 Å². The zero-order valence-electron chi connectivity index (χ0n) is 11.2. The summed E-state index contributed by atoms with van der Waals surface area (Å²) < 4.78 is 0. The van der Waals surface area contributed by atoms with E-state index in [9.17, 15) is 0 Å². The van der Waals surface area contributed by atoms with Crippen LogP contribution in [0.15, 0.2) is 0 Å². The molecular formula is C13H22N4. The average Bonchev–Trinajstić information content (AvgIpc) is 2.24. The average molecular weight is 234 g/mol. The van der Waals surface area contributed by atoms with Gasteiger partial charge in [0.2, 0.25) is 0 Å². The molecule has 0 aliphatic heterocycles. The molecule has 1 heterocycles. The largest absolute Gasteiger partial charge is 0.373 e. The molecule has 0 bridgehead atoms. The Labute approximate surface area is 103 Å². The zero-order chi connectivity index (χ0) is 12.4. The Hall–Kier alpha value is -1.32. The SMILES string of the molecule is CNc1nc(C(C)C)nc(NC2CCC2)c1C. The fourth-order valence-corrected chi connectivity index (χ4v) is 1.92. The Bertz CT molecular complexity index is 397. The molecule has 0 atom stereocenters. The van der Waals surface area contributed by atoms with Crippen LogP contribution in [0.25, 0.3) is 0 Å². The molecule has 17 heavy (non-hydrogen) atoms. The summed E-state index contributed by atoms with van der Waals surface area (Å²) in [4.78, 5) is 9.18. The maximum Gasteiger partial charge on any atom is 0.135 e. The topological polar surface area (TPSA) is 49.8 Å². The van der Waals surface area contributed by atoms with E-state index < -0.39 is 0 Å². The predicted molar refractivity (Wildman–Crippen MR) is 71.7 cm³/mol. The summed E-state index contributed by atoms with van der Waals surface area (Å²) in [5, 5.41) is 6.67. The second-order valence-corrected chi connectivity index (χ2v) is 5.08. The number of hydrogen-bond acceptors (Lipinski definition) is 4. The highest BCUT2D eigenvalue weighted by atomic mass is 15.1. The predicted octanol–water partition coefficient (Wildman–Crippen LogP) is 2.91. The minimum absolute atomic E-state index is 0.352. The molecule has 4 heteroatoms. The van der Waals surface area contributed by atoms with Crippen molar-refractivity contribution in [2.45, 2.75) is 52.0 Å². The summed E-state index contributed by atoms with van der Waals surface area (Å²) in [6, 6.07) is 0.605. The Kier molecular flexibility index (Phi) is 3.50. The van der Waals surface area contributed by atoms with Gasteiger partial charge in [-0.3, -0.25) is 0 Å². The standard InChI is InChI=1S/C13H22N4/c1-8(2)11-16-12(14-4)9(3)13(17-11)15-10-6-5-7-10/h8,10H,5-7H2,1-4H3,(H2,14,15,16,17). The summed E-state index contributed by atoms with van der Waals surface area (Å²) in [5.41, 5.74) is 1.11. The van der Waals surface area contributed by atoms with Crippen molar-refractivity contribution in [3.8, 4) is 0 Å². The molecule has 1 aromatic heterocycles. The number of anilines is 2. The summed E-state index contributed by atoms with van der Waals surface area (Å²) in [5.74, 6) is 3.19. The Morgan fingerprint density at radius 1 is 1.18 bits per heavy atom. The molecule has 0 spiro atoms. The molecule has 1 aliphatic rings. The Morgan fingerprint density at radius 3 is 2.29 bits per heavy atom.